The van der Waals surface area contributed by atoms with E-state index in [0.29, 0.717) is 25.0 Å². The van der Waals surface area contributed by atoms with Crippen molar-refractivity contribution >= 4 is 16.0 Å². The maximum Gasteiger partial charge on any atom is 0.335 e. The van der Waals surface area contributed by atoms with Crippen molar-refractivity contribution in [3.8, 4) is 0 Å². The number of aromatic carboxylic acids is 1. The van der Waals surface area contributed by atoms with Crippen molar-refractivity contribution in [2.75, 3.05) is 13.1 Å². The Morgan fingerprint density at radius 3 is 2.14 bits per heavy atom. The molecule has 0 heterocycles. The molecule has 0 bridgehead atoms. The van der Waals surface area contributed by atoms with Gasteiger partial charge in [0.05, 0.1) is 5.56 Å². The summed E-state index contributed by atoms with van der Waals surface area (Å²) in [6.45, 7) is 3.80. The molecule has 0 aromatic heterocycles. The highest BCUT2D eigenvalue weighted by Crippen LogP contribution is 2.24. The number of hydrogen-bond acceptors (Lipinski definition) is 3. The number of rotatable bonds is 7. The van der Waals surface area contributed by atoms with E-state index in [1.54, 1.807) is 13.8 Å². The van der Waals surface area contributed by atoms with Crippen LogP contribution in [0.3, 0.4) is 0 Å². The molecule has 0 fully saturated rings. The summed E-state index contributed by atoms with van der Waals surface area (Å²) in [5.41, 5.74) is -0.611. The third kappa shape index (κ3) is 3.76. The molecule has 0 atom stereocenters. The van der Waals surface area contributed by atoms with E-state index in [4.69, 9.17) is 5.11 Å². The number of carbonyl (C=O) groups is 1. The van der Waals surface area contributed by atoms with Crippen LogP contribution in [0.15, 0.2) is 17.0 Å². The van der Waals surface area contributed by atoms with E-state index in [2.05, 4.69) is 0 Å². The van der Waals surface area contributed by atoms with Gasteiger partial charge in [-0.1, -0.05) is 13.8 Å². The van der Waals surface area contributed by atoms with Gasteiger partial charge < -0.3 is 5.11 Å². The van der Waals surface area contributed by atoms with Gasteiger partial charge in [0.1, 0.15) is 4.90 Å². The fourth-order valence-corrected chi connectivity index (χ4v) is 3.59. The van der Waals surface area contributed by atoms with Gasteiger partial charge in [-0.2, -0.15) is 4.31 Å². The fourth-order valence-electron chi connectivity index (χ4n) is 1.87. The zero-order valence-electron chi connectivity index (χ0n) is 11.8. The van der Waals surface area contributed by atoms with Crippen molar-refractivity contribution < 1.29 is 27.1 Å². The van der Waals surface area contributed by atoms with Crippen LogP contribution in [0.4, 0.5) is 8.78 Å². The number of benzene rings is 1. The molecule has 1 rings (SSSR count). The molecular weight excluding hydrogens is 304 g/mol. The molecule has 1 aromatic rings. The largest absolute Gasteiger partial charge is 0.478 e. The lowest BCUT2D eigenvalue weighted by Crippen LogP contribution is -2.33. The Kier molecular flexibility index (Phi) is 5.79. The van der Waals surface area contributed by atoms with Gasteiger partial charge in [0.25, 0.3) is 0 Å². The summed E-state index contributed by atoms with van der Waals surface area (Å²) >= 11 is 0. The van der Waals surface area contributed by atoms with Gasteiger partial charge in [-0.05, 0) is 25.0 Å². The highest BCUT2D eigenvalue weighted by Gasteiger charge is 2.29. The van der Waals surface area contributed by atoms with Crippen molar-refractivity contribution in [1.29, 1.82) is 0 Å². The summed E-state index contributed by atoms with van der Waals surface area (Å²) in [7, 11) is -4.28. The second-order valence-corrected chi connectivity index (χ2v) is 6.39. The first kappa shape index (κ1) is 17.5. The molecule has 0 aliphatic heterocycles. The van der Waals surface area contributed by atoms with Crippen LogP contribution in [-0.2, 0) is 10.0 Å². The average Bonchev–Trinajstić information content (AvgIpc) is 2.40. The molecule has 5 nitrogen and oxygen atoms in total. The van der Waals surface area contributed by atoms with Gasteiger partial charge in [-0.3, -0.25) is 0 Å². The van der Waals surface area contributed by atoms with Gasteiger partial charge in [-0.25, -0.2) is 22.0 Å². The maximum absolute atomic E-state index is 13.8. The van der Waals surface area contributed by atoms with Gasteiger partial charge >= 0.3 is 5.97 Å². The number of sulfonamides is 1. The Bertz CT molecular complexity index is 625. The summed E-state index contributed by atoms with van der Waals surface area (Å²) in [6.07, 6.45) is 1.00. The van der Waals surface area contributed by atoms with Crippen LogP contribution in [0.2, 0.25) is 0 Å². The lowest BCUT2D eigenvalue weighted by molar-refractivity contribution is 0.0696. The monoisotopic (exact) mass is 321 g/mol. The number of carboxylic acids is 1. The second-order valence-electron chi connectivity index (χ2n) is 4.48. The van der Waals surface area contributed by atoms with Gasteiger partial charge in [0.2, 0.25) is 10.0 Å². The number of halogens is 2. The molecule has 8 heteroatoms. The zero-order chi connectivity index (χ0) is 16.2. The predicted molar refractivity (Wildman–Crippen MR) is 72.7 cm³/mol. The molecule has 0 radical (unpaired) electrons. The predicted octanol–water partition coefficient (Wildman–Crippen LogP) is 2.47. The van der Waals surface area contributed by atoms with Crippen LogP contribution >= 0.6 is 0 Å². The van der Waals surface area contributed by atoms with E-state index in [1.165, 1.54) is 0 Å². The minimum Gasteiger partial charge on any atom is -0.478 e. The molecule has 1 N–H and O–H groups in total. The Morgan fingerprint density at radius 2 is 1.71 bits per heavy atom. The highest BCUT2D eigenvalue weighted by molar-refractivity contribution is 7.89. The van der Waals surface area contributed by atoms with E-state index in [-0.39, 0.29) is 13.1 Å². The summed E-state index contributed by atoms with van der Waals surface area (Å²) in [5, 5.41) is 8.84. The Morgan fingerprint density at radius 1 is 1.19 bits per heavy atom. The lowest BCUT2D eigenvalue weighted by Gasteiger charge is -2.21. The minimum absolute atomic E-state index is 0.147. The molecule has 0 saturated carbocycles. The van der Waals surface area contributed by atoms with Crippen LogP contribution in [0, 0.1) is 11.6 Å². The van der Waals surface area contributed by atoms with E-state index < -0.39 is 38.1 Å². The lowest BCUT2D eigenvalue weighted by atomic mass is 10.2. The third-order valence-corrected chi connectivity index (χ3v) is 4.70. The van der Waals surface area contributed by atoms with Crippen molar-refractivity contribution in [3.63, 3.8) is 0 Å². The quantitative estimate of drug-likeness (QED) is 0.837. The van der Waals surface area contributed by atoms with Crippen molar-refractivity contribution in [3.05, 3.63) is 29.3 Å². The van der Waals surface area contributed by atoms with Crippen molar-refractivity contribution in [1.82, 2.24) is 4.31 Å². The number of hydrogen-bond donors (Lipinski definition) is 1. The van der Waals surface area contributed by atoms with Crippen LogP contribution in [0.25, 0.3) is 0 Å². The van der Waals surface area contributed by atoms with Crippen LogP contribution in [0.5, 0.6) is 0 Å². The maximum atomic E-state index is 13.8. The van der Waals surface area contributed by atoms with E-state index in [0.717, 1.165) is 4.31 Å². The number of nitrogens with zero attached hydrogens (tertiary/aromatic N) is 1. The summed E-state index contributed by atoms with van der Waals surface area (Å²) in [6, 6.07) is 1.11. The highest BCUT2D eigenvalue weighted by atomic mass is 32.2. The second kappa shape index (κ2) is 6.95. The Balaban J connectivity index is 3.45. The molecule has 21 heavy (non-hydrogen) atoms. The van der Waals surface area contributed by atoms with Crippen molar-refractivity contribution in [2.24, 2.45) is 0 Å². The van der Waals surface area contributed by atoms with E-state index >= 15 is 0 Å². The number of carboxylic acid groups (broad SMARTS) is 1. The first-order valence-corrected chi connectivity index (χ1v) is 7.92. The first-order chi connectivity index (χ1) is 9.75. The van der Waals surface area contributed by atoms with Crippen LogP contribution in [0.1, 0.15) is 37.0 Å². The molecule has 118 valence electrons. The van der Waals surface area contributed by atoms with Gasteiger partial charge in [-0.15, -0.1) is 0 Å². The molecule has 0 saturated heterocycles. The topological polar surface area (TPSA) is 74.7 Å². The average molecular weight is 321 g/mol. The smallest absolute Gasteiger partial charge is 0.335 e. The van der Waals surface area contributed by atoms with Crippen molar-refractivity contribution in [2.45, 2.75) is 31.6 Å². The standard InChI is InChI=1S/C13H17F2NO4S/c1-3-5-16(6-4-2)21(19,20)11-8-9(13(17)18)7-10(14)12(11)15/h7-8H,3-6H2,1-2H3,(H,17,18). The van der Waals surface area contributed by atoms with E-state index in [9.17, 15) is 22.0 Å². The Hall–Kier alpha value is -1.54. The summed E-state index contributed by atoms with van der Waals surface area (Å²) in [5.74, 6) is -4.58. The van der Waals surface area contributed by atoms with E-state index in [1.807, 2.05) is 0 Å². The summed E-state index contributed by atoms with van der Waals surface area (Å²) in [4.78, 5) is 9.92. The van der Waals surface area contributed by atoms with Crippen LogP contribution < -0.4 is 0 Å². The fraction of sp³-hybridized carbons (Fsp3) is 0.462. The summed E-state index contributed by atoms with van der Waals surface area (Å²) < 4.78 is 53.0. The molecular formula is C13H17F2NO4S. The SMILES string of the molecule is CCCN(CCC)S(=O)(=O)c1cc(C(=O)O)cc(F)c1F. The molecule has 0 aliphatic carbocycles. The Labute approximate surface area is 122 Å². The molecule has 0 amide bonds. The normalized spacial score (nSPS) is 11.9. The van der Waals surface area contributed by atoms with Gasteiger partial charge in [0, 0.05) is 13.1 Å². The first-order valence-electron chi connectivity index (χ1n) is 6.48. The zero-order valence-corrected chi connectivity index (χ0v) is 12.6. The molecule has 0 spiro atoms. The van der Waals surface area contributed by atoms with Gasteiger partial charge in [0.15, 0.2) is 11.6 Å². The third-order valence-electron chi connectivity index (χ3n) is 2.81. The molecule has 0 aliphatic rings. The minimum atomic E-state index is -4.28. The molecule has 0 unspecified atom stereocenters. The van der Waals surface area contributed by atoms with Crippen LogP contribution in [-0.4, -0.2) is 36.9 Å². The molecule has 1 aromatic carbocycles.